The van der Waals surface area contributed by atoms with Gasteiger partial charge in [0.2, 0.25) is 0 Å². The number of halogens is 1. The predicted octanol–water partition coefficient (Wildman–Crippen LogP) is 4.78. The fourth-order valence-electron chi connectivity index (χ4n) is 4.26. The number of hydrogen-bond donors (Lipinski definition) is 2. The monoisotopic (exact) mass is 447 g/mol. The summed E-state index contributed by atoms with van der Waals surface area (Å²) in [6.07, 6.45) is 0. The van der Waals surface area contributed by atoms with Crippen LogP contribution >= 0.6 is 0 Å². The lowest BCUT2D eigenvalue weighted by atomic mass is 9.93. The Balaban J connectivity index is 2.01. The van der Waals surface area contributed by atoms with Gasteiger partial charge in [-0.15, -0.1) is 0 Å². The number of methoxy groups -OCH3 is 1. The predicted molar refractivity (Wildman–Crippen MR) is 122 cm³/mol. The summed E-state index contributed by atoms with van der Waals surface area (Å²) < 4.78 is 19.0. The van der Waals surface area contributed by atoms with Crippen LogP contribution in [0.25, 0.3) is 5.76 Å². The van der Waals surface area contributed by atoms with Gasteiger partial charge in [-0.25, -0.2) is 4.39 Å². The summed E-state index contributed by atoms with van der Waals surface area (Å²) in [4.78, 5) is 27.6. The Hall–Kier alpha value is -4.13. The molecular formula is C26H22FNO5. The summed E-state index contributed by atoms with van der Waals surface area (Å²) in [5.74, 6) is -2.35. The first kappa shape index (κ1) is 22.1. The van der Waals surface area contributed by atoms with Gasteiger partial charge < -0.3 is 14.9 Å². The molecule has 0 saturated carbocycles. The van der Waals surface area contributed by atoms with Crippen molar-refractivity contribution in [2.45, 2.75) is 19.9 Å². The Kier molecular flexibility index (Phi) is 5.64. The number of hydrogen-bond acceptors (Lipinski definition) is 5. The van der Waals surface area contributed by atoms with Crippen molar-refractivity contribution in [3.05, 3.63) is 94.3 Å². The lowest BCUT2D eigenvalue weighted by Gasteiger charge is -2.25. The second-order valence-electron chi connectivity index (χ2n) is 7.90. The van der Waals surface area contributed by atoms with Gasteiger partial charge >= 0.3 is 0 Å². The van der Waals surface area contributed by atoms with Crippen LogP contribution in [0, 0.1) is 19.7 Å². The topological polar surface area (TPSA) is 87.1 Å². The zero-order valence-electron chi connectivity index (χ0n) is 18.3. The SMILES string of the molecule is COc1c(C)cc(C)cc1/C(O)=C1\C(=O)C(=O)N(c2ccc(F)cc2)C1c1cccc(O)c1. The summed E-state index contributed by atoms with van der Waals surface area (Å²) in [6.45, 7) is 3.65. The number of carbonyl (C=O) groups excluding carboxylic acids is 2. The number of rotatable bonds is 4. The molecule has 1 atom stereocenters. The van der Waals surface area contributed by atoms with E-state index in [1.807, 2.05) is 19.9 Å². The van der Waals surface area contributed by atoms with E-state index in [0.717, 1.165) is 11.1 Å². The van der Waals surface area contributed by atoms with E-state index in [1.165, 1.54) is 48.4 Å². The largest absolute Gasteiger partial charge is 0.508 e. The number of ketones is 1. The summed E-state index contributed by atoms with van der Waals surface area (Å²) in [5.41, 5.74) is 2.38. The van der Waals surface area contributed by atoms with E-state index in [0.29, 0.717) is 11.3 Å². The molecule has 168 valence electrons. The van der Waals surface area contributed by atoms with E-state index in [4.69, 9.17) is 4.74 Å². The molecule has 1 fully saturated rings. The van der Waals surface area contributed by atoms with Crippen molar-refractivity contribution in [2.24, 2.45) is 0 Å². The van der Waals surface area contributed by atoms with Crippen LogP contribution in [-0.4, -0.2) is 29.0 Å². The van der Waals surface area contributed by atoms with E-state index in [-0.39, 0.29) is 22.6 Å². The number of benzene rings is 3. The first-order valence-corrected chi connectivity index (χ1v) is 10.2. The van der Waals surface area contributed by atoms with Gasteiger partial charge in [-0.05, 0) is 73.0 Å². The highest BCUT2D eigenvalue weighted by Crippen LogP contribution is 2.44. The van der Waals surface area contributed by atoms with Gasteiger partial charge in [0.1, 0.15) is 23.1 Å². The highest BCUT2D eigenvalue weighted by atomic mass is 19.1. The number of phenolic OH excluding ortho intramolecular Hbond substituents is 1. The third kappa shape index (κ3) is 3.82. The Morgan fingerprint density at radius 1 is 1.03 bits per heavy atom. The Labute approximate surface area is 190 Å². The molecule has 7 heteroatoms. The van der Waals surface area contributed by atoms with Gasteiger partial charge in [-0.2, -0.15) is 0 Å². The summed E-state index contributed by atoms with van der Waals surface area (Å²) in [6, 6.07) is 13.7. The van der Waals surface area contributed by atoms with E-state index in [2.05, 4.69) is 0 Å². The molecule has 1 saturated heterocycles. The maximum atomic E-state index is 13.5. The van der Waals surface area contributed by atoms with Crippen LogP contribution in [0.1, 0.15) is 28.3 Å². The van der Waals surface area contributed by atoms with Gasteiger partial charge in [0, 0.05) is 5.69 Å². The third-order valence-electron chi connectivity index (χ3n) is 5.61. The Morgan fingerprint density at radius 2 is 1.73 bits per heavy atom. The van der Waals surface area contributed by atoms with Gasteiger partial charge in [0.05, 0.1) is 24.3 Å². The molecule has 3 aromatic carbocycles. The number of aliphatic hydroxyl groups is 1. The van der Waals surface area contributed by atoms with Crippen LogP contribution in [0.2, 0.25) is 0 Å². The van der Waals surface area contributed by atoms with Crippen molar-refractivity contribution < 1.29 is 28.9 Å². The second kappa shape index (κ2) is 8.43. The third-order valence-corrected chi connectivity index (χ3v) is 5.61. The lowest BCUT2D eigenvalue weighted by molar-refractivity contribution is -0.132. The average Bonchev–Trinajstić information content (AvgIpc) is 3.04. The standard InChI is InChI=1S/C26H22FNO5/c1-14-11-15(2)25(33-3)20(12-14)23(30)21-22(16-5-4-6-19(29)13-16)28(26(32)24(21)31)18-9-7-17(27)8-10-18/h4-13,22,29-30H,1-3H3/b23-21+. The molecular weight excluding hydrogens is 425 g/mol. The number of anilines is 1. The van der Waals surface area contributed by atoms with Crippen molar-refractivity contribution in [2.75, 3.05) is 12.0 Å². The molecule has 0 radical (unpaired) electrons. The fraction of sp³-hybridized carbons (Fsp3) is 0.154. The normalized spacial score (nSPS) is 17.5. The van der Waals surface area contributed by atoms with Gasteiger partial charge in [-0.3, -0.25) is 14.5 Å². The van der Waals surface area contributed by atoms with Crippen LogP contribution < -0.4 is 9.64 Å². The van der Waals surface area contributed by atoms with Crippen LogP contribution in [0.5, 0.6) is 11.5 Å². The van der Waals surface area contributed by atoms with E-state index < -0.39 is 29.3 Å². The number of nitrogens with zero attached hydrogens (tertiary/aromatic N) is 1. The molecule has 1 amide bonds. The number of Topliss-reactive ketones (excluding diaryl/α,β-unsaturated/α-hetero) is 1. The molecule has 6 nitrogen and oxygen atoms in total. The van der Waals surface area contributed by atoms with Crippen LogP contribution in [0.4, 0.5) is 10.1 Å². The molecule has 1 aliphatic heterocycles. The van der Waals surface area contributed by atoms with E-state index >= 15 is 0 Å². The molecule has 1 heterocycles. The van der Waals surface area contributed by atoms with Crippen molar-refractivity contribution in [1.29, 1.82) is 0 Å². The van der Waals surface area contributed by atoms with Crippen LogP contribution in [0.3, 0.4) is 0 Å². The van der Waals surface area contributed by atoms with Gasteiger partial charge in [0.15, 0.2) is 0 Å². The minimum atomic E-state index is -1.05. The number of aromatic hydroxyl groups is 1. The molecule has 0 aromatic heterocycles. The lowest BCUT2D eigenvalue weighted by Crippen LogP contribution is -2.29. The molecule has 1 unspecified atom stereocenters. The Morgan fingerprint density at radius 3 is 2.36 bits per heavy atom. The van der Waals surface area contributed by atoms with E-state index in [1.54, 1.807) is 18.2 Å². The maximum absolute atomic E-state index is 13.5. The highest BCUT2D eigenvalue weighted by Gasteiger charge is 2.47. The van der Waals surface area contributed by atoms with Crippen LogP contribution in [-0.2, 0) is 9.59 Å². The smallest absolute Gasteiger partial charge is 0.300 e. The maximum Gasteiger partial charge on any atom is 0.300 e. The van der Waals surface area contributed by atoms with Crippen molar-refractivity contribution in [3.8, 4) is 11.5 Å². The number of amides is 1. The summed E-state index contributed by atoms with van der Waals surface area (Å²) >= 11 is 0. The molecule has 0 aliphatic carbocycles. The molecule has 3 aromatic rings. The van der Waals surface area contributed by atoms with Gasteiger partial charge in [-0.1, -0.05) is 18.2 Å². The molecule has 0 bridgehead atoms. The number of aryl methyl sites for hydroxylation is 2. The molecule has 4 rings (SSSR count). The van der Waals surface area contributed by atoms with Crippen molar-refractivity contribution in [1.82, 2.24) is 0 Å². The van der Waals surface area contributed by atoms with Crippen LogP contribution in [0.15, 0.2) is 66.2 Å². The summed E-state index contributed by atoms with van der Waals surface area (Å²) in [7, 11) is 1.46. The molecule has 33 heavy (non-hydrogen) atoms. The minimum absolute atomic E-state index is 0.0684. The number of aliphatic hydroxyl groups excluding tert-OH is 1. The number of carbonyl (C=O) groups is 2. The highest BCUT2D eigenvalue weighted by molar-refractivity contribution is 6.51. The second-order valence-corrected chi connectivity index (χ2v) is 7.90. The zero-order chi connectivity index (χ0) is 23.9. The molecule has 0 spiro atoms. The fourth-order valence-corrected chi connectivity index (χ4v) is 4.26. The summed E-state index contributed by atoms with van der Waals surface area (Å²) in [5, 5.41) is 21.4. The van der Waals surface area contributed by atoms with Crippen molar-refractivity contribution >= 4 is 23.1 Å². The Bertz CT molecular complexity index is 1300. The quantitative estimate of drug-likeness (QED) is 0.341. The number of ether oxygens (including phenoxy) is 1. The minimum Gasteiger partial charge on any atom is -0.508 e. The molecule has 2 N–H and O–H groups in total. The zero-order valence-corrected chi connectivity index (χ0v) is 18.3. The van der Waals surface area contributed by atoms with E-state index in [9.17, 15) is 24.2 Å². The first-order valence-electron chi connectivity index (χ1n) is 10.2. The average molecular weight is 447 g/mol. The first-order chi connectivity index (χ1) is 15.7. The van der Waals surface area contributed by atoms with Gasteiger partial charge in [0.25, 0.3) is 11.7 Å². The van der Waals surface area contributed by atoms with Crippen molar-refractivity contribution in [3.63, 3.8) is 0 Å². The number of phenols is 1. The molecule has 1 aliphatic rings.